The highest BCUT2D eigenvalue weighted by Crippen LogP contribution is 2.32. The van der Waals surface area contributed by atoms with Gasteiger partial charge in [0.25, 0.3) is 0 Å². The van der Waals surface area contributed by atoms with Crippen LogP contribution in [-0.4, -0.2) is 62.3 Å². The summed E-state index contributed by atoms with van der Waals surface area (Å²) in [5.74, 6) is -1.90. The molecule has 108 valence electrons. The second kappa shape index (κ2) is 6.79. The highest BCUT2D eigenvalue weighted by molar-refractivity contribution is 4.95. The van der Waals surface area contributed by atoms with Crippen LogP contribution >= 0.6 is 0 Å². The average Bonchev–Trinajstić information content (AvgIpc) is 2.37. The molecule has 5 N–H and O–H groups in total. The average molecular weight is 264 g/mol. The summed E-state index contributed by atoms with van der Waals surface area (Å²) in [6.45, 7) is 1.53. The van der Waals surface area contributed by atoms with Gasteiger partial charge in [0.15, 0.2) is 5.79 Å². The van der Waals surface area contributed by atoms with Gasteiger partial charge in [0.05, 0.1) is 6.61 Å². The van der Waals surface area contributed by atoms with Crippen LogP contribution in [0.3, 0.4) is 0 Å². The maximum absolute atomic E-state index is 10.2. The van der Waals surface area contributed by atoms with Gasteiger partial charge in [-0.05, 0) is 6.42 Å². The van der Waals surface area contributed by atoms with Gasteiger partial charge in [0, 0.05) is 6.42 Å². The third-order valence-corrected chi connectivity index (χ3v) is 3.44. The standard InChI is InChI=1S/C12H24O6/c1-2-3-4-5-6-12(17)11(16)10(15)9(14)8(7-13)18-12/h8-11,13-17H,2-7H2,1H3/t8-,9-,10+,11-,12-/m1/s1. The van der Waals surface area contributed by atoms with E-state index in [2.05, 4.69) is 6.92 Å². The first-order valence-electron chi connectivity index (χ1n) is 6.51. The summed E-state index contributed by atoms with van der Waals surface area (Å²) < 4.78 is 5.14. The molecule has 0 unspecified atom stereocenters. The summed E-state index contributed by atoms with van der Waals surface area (Å²) in [6, 6.07) is 0. The summed E-state index contributed by atoms with van der Waals surface area (Å²) in [5, 5.41) is 48.1. The molecule has 0 spiro atoms. The molecular weight excluding hydrogens is 240 g/mol. The van der Waals surface area contributed by atoms with Crippen molar-refractivity contribution in [3.05, 3.63) is 0 Å². The van der Waals surface area contributed by atoms with Crippen LogP contribution in [0, 0.1) is 0 Å². The summed E-state index contributed by atoms with van der Waals surface area (Å²) in [5.41, 5.74) is 0. The first-order valence-corrected chi connectivity index (χ1v) is 6.51. The van der Waals surface area contributed by atoms with Crippen LogP contribution in [0.5, 0.6) is 0 Å². The second-order valence-electron chi connectivity index (χ2n) is 4.92. The fraction of sp³-hybridized carbons (Fsp3) is 1.00. The number of ether oxygens (including phenoxy) is 1. The third kappa shape index (κ3) is 3.40. The van der Waals surface area contributed by atoms with Crippen LogP contribution < -0.4 is 0 Å². The lowest BCUT2D eigenvalue weighted by Crippen LogP contribution is -2.65. The Hall–Kier alpha value is -0.240. The van der Waals surface area contributed by atoms with Crippen molar-refractivity contribution in [2.24, 2.45) is 0 Å². The Kier molecular flexibility index (Phi) is 5.97. The molecule has 0 aromatic carbocycles. The van der Waals surface area contributed by atoms with Crippen molar-refractivity contribution in [1.82, 2.24) is 0 Å². The Morgan fingerprint density at radius 3 is 2.28 bits per heavy atom. The van der Waals surface area contributed by atoms with Gasteiger partial charge in [0.1, 0.15) is 24.4 Å². The van der Waals surface area contributed by atoms with Crippen LogP contribution in [0.1, 0.15) is 39.0 Å². The minimum atomic E-state index is -1.90. The minimum Gasteiger partial charge on any atom is -0.394 e. The molecule has 18 heavy (non-hydrogen) atoms. The lowest BCUT2D eigenvalue weighted by molar-refractivity contribution is -0.351. The van der Waals surface area contributed by atoms with Crippen LogP contribution in [0.15, 0.2) is 0 Å². The summed E-state index contributed by atoms with van der Waals surface area (Å²) >= 11 is 0. The molecule has 1 aliphatic heterocycles. The van der Waals surface area contributed by atoms with Crippen LogP contribution in [0.25, 0.3) is 0 Å². The van der Waals surface area contributed by atoms with Crippen LogP contribution in [0.2, 0.25) is 0 Å². The lowest BCUT2D eigenvalue weighted by atomic mass is 9.89. The molecule has 1 fully saturated rings. The van der Waals surface area contributed by atoms with E-state index in [0.717, 1.165) is 19.3 Å². The molecule has 0 aromatic rings. The lowest BCUT2D eigenvalue weighted by Gasteiger charge is -2.45. The van der Waals surface area contributed by atoms with E-state index in [-0.39, 0.29) is 6.42 Å². The van der Waals surface area contributed by atoms with Crippen LogP contribution in [-0.2, 0) is 4.74 Å². The highest BCUT2D eigenvalue weighted by atomic mass is 16.7. The normalized spacial score (nSPS) is 41.0. The minimum absolute atomic E-state index is 0.161. The van der Waals surface area contributed by atoms with Crippen molar-refractivity contribution < 1.29 is 30.3 Å². The molecule has 0 saturated carbocycles. The van der Waals surface area contributed by atoms with E-state index >= 15 is 0 Å². The van der Waals surface area contributed by atoms with Crippen molar-refractivity contribution in [3.63, 3.8) is 0 Å². The van der Waals surface area contributed by atoms with Gasteiger partial charge < -0.3 is 30.3 Å². The molecule has 1 aliphatic rings. The van der Waals surface area contributed by atoms with Gasteiger partial charge in [-0.15, -0.1) is 0 Å². The number of unbranched alkanes of at least 4 members (excludes halogenated alkanes) is 3. The van der Waals surface area contributed by atoms with E-state index < -0.39 is 36.8 Å². The van der Waals surface area contributed by atoms with E-state index in [1.165, 1.54) is 0 Å². The Balaban J connectivity index is 2.60. The van der Waals surface area contributed by atoms with Gasteiger partial charge in [-0.25, -0.2) is 0 Å². The fourth-order valence-electron chi connectivity index (χ4n) is 2.23. The van der Waals surface area contributed by atoms with E-state index in [1.807, 2.05) is 0 Å². The quantitative estimate of drug-likeness (QED) is 0.398. The summed E-state index contributed by atoms with van der Waals surface area (Å²) in [6.07, 6.45) is -1.83. The number of aliphatic hydroxyl groups is 5. The molecule has 0 radical (unpaired) electrons. The van der Waals surface area contributed by atoms with E-state index in [4.69, 9.17) is 9.84 Å². The van der Waals surface area contributed by atoms with Gasteiger partial charge in [-0.3, -0.25) is 0 Å². The number of hydrogen-bond donors (Lipinski definition) is 5. The molecule has 1 saturated heterocycles. The van der Waals surface area contributed by atoms with Crippen LogP contribution in [0.4, 0.5) is 0 Å². The Morgan fingerprint density at radius 2 is 1.72 bits per heavy atom. The van der Waals surface area contributed by atoms with Crippen molar-refractivity contribution >= 4 is 0 Å². The number of rotatable bonds is 6. The van der Waals surface area contributed by atoms with E-state index in [1.54, 1.807) is 0 Å². The summed E-state index contributed by atoms with van der Waals surface area (Å²) in [7, 11) is 0. The highest BCUT2D eigenvalue weighted by Gasteiger charge is 2.51. The first-order chi connectivity index (χ1) is 8.46. The monoisotopic (exact) mass is 264 g/mol. The number of aliphatic hydroxyl groups excluding tert-OH is 4. The topological polar surface area (TPSA) is 110 Å². The maximum Gasteiger partial charge on any atom is 0.195 e. The number of hydrogen-bond acceptors (Lipinski definition) is 6. The first kappa shape index (κ1) is 15.8. The molecule has 0 amide bonds. The fourth-order valence-corrected chi connectivity index (χ4v) is 2.23. The Bertz CT molecular complexity index is 247. The van der Waals surface area contributed by atoms with Crippen molar-refractivity contribution in [3.8, 4) is 0 Å². The third-order valence-electron chi connectivity index (χ3n) is 3.44. The predicted octanol–water partition coefficient (Wildman–Crippen LogP) is -0.881. The van der Waals surface area contributed by atoms with Crippen molar-refractivity contribution in [2.45, 2.75) is 69.2 Å². The largest absolute Gasteiger partial charge is 0.394 e. The van der Waals surface area contributed by atoms with Gasteiger partial charge in [-0.2, -0.15) is 0 Å². The predicted molar refractivity (Wildman–Crippen MR) is 63.7 cm³/mol. The molecule has 1 rings (SSSR count). The molecule has 0 aliphatic carbocycles. The molecule has 5 atom stereocenters. The Morgan fingerprint density at radius 1 is 1.06 bits per heavy atom. The van der Waals surface area contributed by atoms with Gasteiger partial charge in [0.2, 0.25) is 0 Å². The molecular formula is C12H24O6. The molecule has 6 nitrogen and oxygen atoms in total. The maximum atomic E-state index is 10.2. The van der Waals surface area contributed by atoms with Crippen molar-refractivity contribution in [2.75, 3.05) is 6.61 Å². The summed E-state index contributed by atoms with van der Waals surface area (Å²) in [4.78, 5) is 0. The smallest absolute Gasteiger partial charge is 0.195 e. The Labute approximate surface area is 107 Å². The van der Waals surface area contributed by atoms with Gasteiger partial charge in [-0.1, -0.05) is 26.2 Å². The molecule has 1 heterocycles. The second-order valence-corrected chi connectivity index (χ2v) is 4.92. The zero-order chi connectivity index (χ0) is 13.8. The zero-order valence-electron chi connectivity index (χ0n) is 10.7. The SMILES string of the molecule is CCCCCC[C@@]1(O)O[C@H](CO)[C@@H](O)[C@H](O)[C@H]1O. The molecule has 0 bridgehead atoms. The molecule has 0 aromatic heterocycles. The van der Waals surface area contributed by atoms with Gasteiger partial charge >= 0.3 is 0 Å². The van der Waals surface area contributed by atoms with E-state index in [9.17, 15) is 20.4 Å². The van der Waals surface area contributed by atoms with E-state index in [0.29, 0.717) is 6.42 Å². The van der Waals surface area contributed by atoms with Crippen molar-refractivity contribution in [1.29, 1.82) is 0 Å². The zero-order valence-corrected chi connectivity index (χ0v) is 10.7. The molecule has 6 heteroatoms.